The van der Waals surface area contributed by atoms with Gasteiger partial charge in [0.15, 0.2) is 0 Å². The molecule has 9 nitrogen and oxygen atoms in total. The first kappa shape index (κ1) is 13.7. The first-order valence-electron chi connectivity index (χ1n) is 5.87. The zero-order valence-electron chi connectivity index (χ0n) is 10.4. The third kappa shape index (κ3) is 3.19. The maximum atomic E-state index is 12.0. The molecule has 1 aromatic rings. The Morgan fingerprint density at radius 3 is 3.00 bits per heavy atom. The van der Waals surface area contributed by atoms with Gasteiger partial charge in [0.05, 0.1) is 12.2 Å². The molecule has 3 amide bonds. The molecule has 2 rings (SSSR count). The highest BCUT2D eigenvalue weighted by Crippen LogP contribution is 2.05. The van der Waals surface area contributed by atoms with Crippen LogP contribution in [-0.2, 0) is 16.1 Å². The fourth-order valence-corrected chi connectivity index (χ4v) is 1.77. The number of hydrogen-bond donors (Lipinski definition) is 3. The van der Waals surface area contributed by atoms with Gasteiger partial charge >= 0.3 is 12.0 Å². The summed E-state index contributed by atoms with van der Waals surface area (Å²) in [4.78, 5) is 42.9. The summed E-state index contributed by atoms with van der Waals surface area (Å²) in [6, 6.07) is -0.0679. The lowest BCUT2D eigenvalue weighted by molar-refractivity contribution is -0.144. The number of carboxylic acids is 1. The number of nitrogens with one attached hydrogen (secondary N) is 2. The summed E-state index contributed by atoms with van der Waals surface area (Å²) < 4.78 is 0. The van der Waals surface area contributed by atoms with E-state index < -0.39 is 18.0 Å². The number of nitrogens with zero attached hydrogens (tertiary/aromatic N) is 3. The van der Waals surface area contributed by atoms with Crippen LogP contribution >= 0.6 is 0 Å². The van der Waals surface area contributed by atoms with Gasteiger partial charge in [-0.05, 0) is 6.07 Å². The largest absolute Gasteiger partial charge is 0.480 e. The Labute approximate surface area is 114 Å². The van der Waals surface area contributed by atoms with E-state index in [1.807, 2.05) is 0 Å². The van der Waals surface area contributed by atoms with Crippen LogP contribution in [0.2, 0.25) is 0 Å². The second-order valence-corrected chi connectivity index (χ2v) is 4.15. The molecule has 20 heavy (non-hydrogen) atoms. The molecule has 1 unspecified atom stereocenters. The Hall–Kier alpha value is -2.71. The number of carboxylic acid groups (broad SMARTS) is 1. The molecule has 1 fully saturated rings. The van der Waals surface area contributed by atoms with Crippen molar-refractivity contribution in [3.8, 4) is 0 Å². The SMILES string of the molecule is O=C1CN(C(=O)NCc2ccncn2)C(C(=O)O)CN1. The van der Waals surface area contributed by atoms with Crippen LogP contribution in [0.15, 0.2) is 18.6 Å². The van der Waals surface area contributed by atoms with Gasteiger partial charge in [-0.15, -0.1) is 0 Å². The predicted molar refractivity (Wildman–Crippen MR) is 65.4 cm³/mol. The number of aromatic nitrogens is 2. The molecule has 106 valence electrons. The van der Waals surface area contributed by atoms with Crippen molar-refractivity contribution in [3.05, 3.63) is 24.3 Å². The minimum Gasteiger partial charge on any atom is -0.480 e. The van der Waals surface area contributed by atoms with Crippen LogP contribution in [-0.4, -0.2) is 57.0 Å². The Kier molecular flexibility index (Phi) is 4.08. The molecule has 1 saturated heterocycles. The summed E-state index contributed by atoms with van der Waals surface area (Å²) in [5.74, 6) is -1.55. The predicted octanol–water partition coefficient (Wildman–Crippen LogP) is -1.43. The molecule has 1 aliphatic heterocycles. The van der Waals surface area contributed by atoms with Gasteiger partial charge in [-0.2, -0.15) is 0 Å². The smallest absolute Gasteiger partial charge is 0.328 e. The van der Waals surface area contributed by atoms with Gasteiger partial charge in [0.25, 0.3) is 0 Å². The van der Waals surface area contributed by atoms with Crippen molar-refractivity contribution in [1.29, 1.82) is 0 Å². The molecular formula is C11H13N5O4. The van der Waals surface area contributed by atoms with Crippen molar-refractivity contribution < 1.29 is 19.5 Å². The van der Waals surface area contributed by atoms with E-state index in [4.69, 9.17) is 5.11 Å². The van der Waals surface area contributed by atoms with Gasteiger partial charge in [-0.25, -0.2) is 19.6 Å². The highest BCUT2D eigenvalue weighted by atomic mass is 16.4. The van der Waals surface area contributed by atoms with Gasteiger partial charge < -0.3 is 15.7 Å². The molecular weight excluding hydrogens is 266 g/mol. The molecule has 2 heterocycles. The van der Waals surface area contributed by atoms with Crippen LogP contribution in [0.25, 0.3) is 0 Å². The lowest BCUT2D eigenvalue weighted by atomic mass is 10.2. The molecule has 0 spiro atoms. The second-order valence-electron chi connectivity index (χ2n) is 4.15. The molecule has 3 N–H and O–H groups in total. The Bertz CT molecular complexity index is 521. The Morgan fingerprint density at radius 2 is 2.35 bits per heavy atom. The zero-order valence-corrected chi connectivity index (χ0v) is 10.4. The highest BCUT2D eigenvalue weighted by Gasteiger charge is 2.35. The average molecular weight is 279 g/mol. The van der Waals surface area contributed by atoms with Crippen molar-refractivity contribution in [2.45, 2.75) is 12.6 Å². The molecule has 0 bridgehead atoms. The summed E-state index contributed by atoms with van der Waals surface area (Å²) in [5.41, 5.74) is 0.585. The normalized spacial score (nSPS) is 18.3. The van der Waals surface area contributed by atoms with E-state index in [9.17, 15) is 14.4 Å². The number of hydrogen-bond acceptors (Lipinski definition) is 5. The van der Waals surface area contributed by atoms with E-state index in [1.165, 1.54) is 12.5 Å². The van der Waals surface area contributed by atoms with Crippen LogP contribution in [0, 0.1) is 0 Å². The first-order valence-corrected chi connectivity index (χ1v) is 5.87. The summed E-state index contributed by atoms with van der Waals surface area (Å²) >= 11 is 0. The van der Waals surface area contributed by atoms with Gasteiger partial charge in [0.2, 0.25) is 5.91 Å². The monoisotopic (exact) mass is 279 g/mol. The van der Waals surface area contributed by atoms with E-state index in [1.54, 1.807) is 6.07 Å². The fraction of sp³-hybridized carbons (Fsp3) is 0.364. The van der Waals surface area contributed by atoms with Gasteiger partial charge in [0, 0.05) is 12.7 Å². The summed E-state index contributed by atoms with van der Waals surface area (Å²) in [5, 5.41) is 14.0. The third-order valence-electron chi connectivity index (χ3n) is 2.79. The maximum absolute atomic E-state index is 12.0. The van der Waals surface area contributed by atoms with E-state index in [-0.39, 0.29) is 25.5 Å². The van der Waals surface area contributed by atoms with Crippen LogP contribution in [0.1, 0.15) is 5.69 Å². The van der Waals surface area contributed by atoms with E-state index in [0.29, 0.717) is 5.69 Å². The van der Waals surface area contributed by atoms with Crippen LogP contribution in [0.3, 0.4) is 0 Å². The van der Waals surface area contributed by atoms with Crippen molar-refractivity contribution >= 4 is 17.9 Å². The summed E-state index contributed by atoms with van der Waals surface area (Å²) in [7, 11) is 0. The molecule has 0 aliphatic carbocycles. The Balaban J connectivity index is 1.98. The van der Waals surface area contributed by atoms with Crippen molar-refractivity contribution in [1.82, 2.24) is 25.5 Å². The van der Waals surface area contributed by atoms with Crippen LogP contribution in [0.5, 0.6) is 0 Å². The van der Waals surface area contributed by atoms with Crippen molar-refractivity contribution in [2.24, 2.45) is 0 Å². The lowest BCUT2D eigenvalue weighted by Crippen LogP contribution is -2.61. The third-order valence-corrected chi connectivity index (χ3v) is 2.79. The number of carbonyl (C=O) groups excluding carboxylic acids is 2. The van der Waals surface area contributed by atoms with Crippen molar-refractivity contribution in [2.75, 3.05) is 13.1 Å². The Morgan fingerprint density at radius 1 is 1.55 bits per heavy atom. The molecule has 0 radical (unpaired) electrons. The molecule has 0 aromatic carbocycles. The maximum Gasteiger partial charge on any atom is 0.328 e. The number of urea groups is 1. The molecule has 9 heteroatoms. The van der Waals surface area contributed by atoms with Gasteiger partial charge in [-0.1, -0.05) is 0 Å². The average Bonchev–Trinajstić information content (AvgIpc) is 2.45. The number of piperazine rings is 1. The first-order chi connectivity index (χ1) is 9.58. The molecule has 1 aromatic heterocycles. The zero-order chi connectivity index (χ0) is 14.5. The number of aliphatic carboxylic acids is 1. The van der Waals surface area contributed by atoms with Crippen LogP contribution < -0.4 is 10.6 Å². The van der Waals surface area contributed by atoms with Crippen LogP contribution in [0.4, 0.5) is 4.79 Å². The molecule has 1 atom stereocenters. The lowest BCUT2D eigenvalue weighted by Gasteiger charge is -2.32. The summed E-state index contributed by atoms with van der Waals surface area (Å²) in [6.07, 6.45) is 2.87. The van der Waals surface area contributed by atoms with Gasteiger partial charge in [-0.3, -0.25) is 9.69 Å². The minimum absolute atomic E-state index is 0.102. The number of amides is 3. The quantitative estimate of drug-likeness (QED) is 0.623. The molecule has 0 saturated carbocycles. The highest BCUT2D eigenvalue weighted by molar-refractivity contribution is 5.90. The minimum atomic E-state index is -1.16. The topological polar surface area (TPSA) is 125 Å². The van der Waals surface area contributed by atoms with E-state index in [0.717, 1.165) is 4.90 Å². The second kappa shape index (κ2) is 5.95. The van der Waals surface area contributed by atoms with E-state index >= 15 is 0 Å². The molecule has 1 aliphatic rings. The number of carbonyl (C=O) groups is 3. The summed E-state index contributed by atoms with van der Waals surface area (Å²) in [6.45, 7) is -0.256. The fourth-order valence-electron chi connectivity index (χ4n) is 1.77. The van der Waals surface area contributed by atoms with Gasteiger partial charge in [0.1, 0.15) is 18.9 Å². The van der Waals surface area contributed by atoms with E-state index in [2.05, 4.69) is 20.6 Å². The van der Waals surface area contributed by atoms with Crippen molar-refractivity contribution in [3.63, 3.8) is 0 Å². The standard InChI is InChI=1S/C11H13N5O4/c17-9-5-16(8(4-13-9)10(18)19)11(20)14-3-7-1-2-12-6-15-7/h1-2,6,8H,3-5H2,(H,13,17)(H,14,20)(H,18,19). The number of rotatable bonds is 3.